The van der Waals surface area contributed by atoms with Crippen molar-refractivity contribution in [2.24, 2.45) is 5.41 Å². The smallest absolute Gasteiger partial charge is 0.368 e. The highest BCUT2D eigenvalue weighted by molar-refractivity contribution is 5.68. The summed E-state index contributed by atoms with van der Waals surface area (Å²) in [6, 6.07) is 5.41. The van der Waals surface area contributed by atoms with Crippen molar-refractivity contribution < 1.29 is 13.2 Å². The van der Waals surface area contributed by atoms with Gasteiger partial charge in [-0.1, -0.05) is 19.9 Å². The summed E-state index contributed by atoms with van der Waals surface area (Å²) in [5.41, 5.74) is 0.148. The van der Waals surface area contributed by atoms with Crippen molar-refractivity contribution in [1.29, 1.82) is 5.26 Å². The van der Waals surface area contributed by atoms with Crippen LogP contribution < -0.4 is 4.90 Å². The van der Waals surface area contributed by atoms with Gasteiger partial charge in [-0.3, -0.25) is 0 Å². The van der Waals surface area contributed by atoms with Crippen molar-refractivity contribution in [2.75, 3.05) is 11.9 Å². The van der Waals surface area contributed by atoms with E-state index in [1.54, 1.807) is 31.6 Å². The molecule has 1 aromatic carbocycles. The Morgan fingerprint density at radius 1 is 1.33 bits per heavy atom. The van der Waals surface area contributed by atoms with E-state index in [0.29, 0.717) is 5.69 Å². The number of nitriles is 1. The first-order chi connectivity index (χ1) is 12.6. The van der Waals surface area contributed by atoms with Gasteiger partial charge in [0.15, 0.2) is 0 Å². The van der Waals surface area contributed by atoms with Gasteiger partial charge in [0.25, 0.3) is 0 Å². The van der Waals surface area contributed by atoms with E-state index in [1.807, 2.05) is 4.90 Å². The SMILES string of the molecule is CN(c1ccc(C#N)c(C(F)(F)F)c1)C1C=C(c2ncc[nH]2)C(C)(C)CC1. The molecule has 1 aromatic heterocycles. The fourth-order valence-electron chi connectivity index (χ4n) is 3.54. The molecule has 3 rings (SSSR count). The lowest BCUT2D eigenvalue weighted by atomic mass is 9.73. The second kappa shape index (κ2) is 6.76. The highest BCUT2D eigenvalue weighted by atomic mass is 19.4. The van der Waals surface area contributed by atoms with Gasteiger partial charge in [-0.2, -0.15) is 18.4 Å². The number of nitrogens with one attached hydrogen (secondary N) is 1. The first-order valence-electron chi connectivity index (χ1n) is 8.70. The maximum Gasteiger partial charge on any atom is 0.417 e. The summed E-state index contributed by atoms with van der Waals surface area (Å²) in [6.45, 7) is 4.28. The van der Waals surface area contributed by atoms with Gasteiger partial charge in [0.1, 0.15) is 5.82 Å². The van der Waals surface area contributed by atoms with Crippen LogP contribution in [0.15, 0.2) is 36.7 Å². The fraction of sp³-hybridized carbons (Fsp3) is 0.400. The summed E-state index contributed by atoms with van der Waals surface area (Å²) in [6.07, 6.45) is 2.66. The number of anilines is 1. The summed E-state index contributed by atoms with van der Waals surface area (Å²) in [7, 11) is 1.78. The first kappa shape index (κ1) is 19.0. The summed E-state index contributed by atoms with van der Waals surface area (Å²) >= 11 is 0. The molecule has 1 aliphatic rings. The molecule has 0 spiro atoms. The summed E-state index contributed by atoms with van der Waals surface area (Å²) in [4.78, 5) is 9.30. The van der Waals surface area contributed by atoms with Gasteiger partial charge in [-0.05, 0) is 42.0 Å². The molecule has 1 N–H and O–H groups in total. The Balaban J connectivity index is 1.98. The summed E-state index contributed by atoms with van der Waals surface area (Å²) in [5, 5.41) is 8.97. The largest absolute Gasteiger partial charge is 0.417 e. The van der Waals surface area contributed by atoms with Crippen molar-refractivity contribution >= 4 is 11.3 Å². The monoisotopic (exact) mass is 374 g/mol. The molecule has 1 aliphatic carbocycles. The molecule has 7 heteroatoms. The van der Waals surface area contributed by atoms with Gasteiger partial charge < -0.3 is 9.88 Å². The van der Waals surface area contributed by atoms with Crippen LogP contribution in [0.5, 0.6) is 0 Å². The number of rotatable bonds is 3. The zero-order valence-electron chi connectivity index (χ0n) is 15.4. The number of likely N-dealkylation sites (N-methyl/N-ethyl adjacent to an activating group) is 1. The third kappa shape index (κ3) is 3.70. The Hall–Kier alpha value is -2.75. The van der Waals surface area contributed by atoms with E-state index in [0.717, 1.165) is 30.3 Å². The minimum Gasteiger partial charge on any atom is -0.368 e. The number of hydrogen-bond donors (Lipinski definition) is 1. The number of benzene rings is 1. The predicted molar refractivity (Wildman–Crippen MR) is 97.9 cm³/mol. The van der Waals surface area contributed by atoms with Crippen LogP contribution in [0.1, 0.15) is 43.6 Å². The molecule has 2 aromatic rings. The molecule has 0 fully saturated rings. The van der Waals surface area contributed by atoms with Crippen LogP contribution in [0.4, 0.5) is 18.9 Å². The number of halogens is 3. The van der Waals surface area contributed by atoms with Crippen molar-refractivity contribution in [3.8, 4) is 6.07 Å². The van der Waals surface area contributed by atoms with Crippen LogP contribution in [0.25, 0.3) is 5.57 Å². The van der Waals surface area contributed by atoms with E-state index in [4.69, 9.17) is 5.26 Å². The number of imidazole rings is 1. The number of hydrogen-bond acceptors (Lipinski definition) is 3. The molecular weight excluding hydrogens is 353 g/mol. The maximum atomic E-state index is 13.3. The van der Waals surface area contributed by atoms with Gasteiger partial charge in [-0.15, -0.1) is 0 Å². The van der Waals surface area contributed by atoms with Crippen molar-refractivity contribution in [3.63, 3.8) is 0 Å². The van der Waals surface area contributed by atoms with E-state index in [9.17, 15) is 13.2 Å². The predicted octanol–water partition coefficient (Wildman–Crippen LogP) is 5.01. The Morgan fingerprint density at radius 3 is 2.67 bits per heavy atom. The van der Waals surface area contributed by atoms with E-state index < -0.39 is 11.7 Å². The minimum absolute atomic E-state index is 0.0628. The lowest BCUT2D eigenvalue weighted by Gasteiger charge is -2.38. The average molecular weight is 374 g/mol. The Kier molecular flexibility index (Phi) is 4.77. The Morgan fingerprint density at radius 2 is 2.07 bits per heavy atom. The molecule has 1 atom stereocenters. The summed E-state index contributed by atoms with van der Waals surface area (Å²) < 4.78 is 39.8. The van der Waals surface area contributed by atoms with Crippen molar-refractivity contribution in [3.05, 3.63) is 53.6 Å². The topological polar surface area (TPSA) is 55.7 Å². The maximum absolute atomic E-state index is 13.3. The second-order valence-electron chi connectivity index (χ2n) is 7.46. The van der Waals surface area contributed by atoms with Crippen LogP contribution in [0.3, 0.4) is 0 Å². The fourth-order valence-corrected chi connectivity index (χ4v) is 3.54. The molecule has 0 saturated carbocycles. The van der Waals surface area contributed by atoms with E-state index in [-0.39, 0.29) is 17.0 Å². The molecule has 0 aliphatic heterocycles. The van der Waals surface area contributed by atoms with Crippen molar-refractivity contribution in [1.82, 2.24) is 9.97 Å². The van der Waals surface area contributed by atoms with Crippen LogP contribution in [0.2, 0.25) is 0 Å². The molecule has 27 heavy (non-hydrogen) atoms. The quantitative estimate of drug-likeness (QED) is 0.822. The number of alkyl halides is 3. The molecule has 0 radical (unpaired) electrons. The minimum atomic E-state index is -4.56. The van der Waals surface area contributed by atoms with Gasteiger partial charge in [0.2, 0.25) is 0 Å². The number of aromatic amines is 1. The van der Waals surface area contributed by atoms with Gasteiger partial charge in [0.05, 0.1) is 17.2 Å². The molecule has 0 saturated heterocycles. The van der Waals surface area contributed by atoms with Gasteiger partial charge >= 0.3 is 6.18 Å². The van der Waals surface area contributed by atoms with Crippen LogP contribution >= 0.6 is 0 Å². The molecule has 1 unspecified atom stereocenters. The Labute approximate surface area is 156 Å². The first-order valence-corrected chi connectivity index (χ1v) is 8.70. The highest BCUT2D eigenvalue weighted by Crippen LogP contribution is 2.43. The van der Waals surface area contributed by atoms with E-state index in [1.165, 1.54) is 6.07 Å². The number of allylic oxidation sites excluding steroid dienone is 1. The molecule has 4 nitrogen and oxygen atoms in total. The van der Waals surface area contributed by atoms with E-state index in [2.05, 4.69) is 29.9 Å². The molecule has 1 heterocycles. The normalized spacial score (nSPS) is 19.3. The zero-order chi connectivity index (χ0) is 19.8. The lowest BCUT2D eigenvalue weighted by molar-refractivity contribution is -0.137. The van der Waals surface area contributed by atoms with E-state index >= 15 is 0 Å². The molecule has 142 valence electrons. The number of H-pyrrole nitrogens is 1. The van der Waals surface area contributed by atoms with Gasteiger partial charge in [-0.25, -0.2) is 4.98 Å². The van der Waals surface area contributed by atoms with Crippen LogP contribution in [0, 0.1) is 16.7 Å². The molecule has 0 bridgehead atoms. The Bertz CT molecular complexity index is 889. The number of nitrogens with zero attached hydrogens (tertiary/aromatic N) is 3. The van der Waals surface area contributed by atoms with Crippen LogP contribution in [-0.2, 0) is 6.18 Å². The van der Waals surface area contributed by atoms with Gasteiger partial charge in [0, 0.05) is 31.2 Å². The number of aromatic nitrogens is 2. The average Bonchev–Trinajstić information content (AvgIpc) is 3.14. The van der Waals surface area contributed by atoms with Crippen molar-refractivity contribution in [2.45, 2.75) is 38.9 Å². The lowest BCUT2D eigenvalue weighted by Crippen LogP contribution is -2.36. The third-order valence-corrected chi connectivity index (χ3v) is 5.24. The van der Waals surface area contributed by atoms with Crippen LogP contribution in [-0.4, -0.2) is 23.1 Å². The standard InChI is InChI=1S/C20H21F3N4/c1-19(2)7-6-15(11-17(19)18-25-8-9-26-18)27(3)14-5-4-13(12-24)16(10-14)20(21,22)23/h4-5,8-11,15H,6-7H2,1-3H3,(H,25,26). The third-order valence-electron chi connectivity index (χ3n) is 5.24. The summed E-state index contributed by atoms with van der Waals surface area (Å²) in [5.74, 6) is 0.786. The second-order valence-corrected chi connectivity index (χ2v) is 7.46. The zero-order valence-corrected chi connectivity index (χ0v) is 15.4. The molecular formula is C20H21F3N4. The molecule has 0 amide bonds. The highest BCUT2D eigenvalue weighted by Gasteiger charge is 2.36.